The number of amides is 2. The Morgan fingerprint density at radius 1 is 1.45 bits per heavy atom. The molecule has 0 bridgehead atoms. The maximum atomic E-state index is 12.0. The lowest BCUT2D eigenvalue weighted by Gasteiger charge is -2.17. The van der Waals surface area contributed by atoms with E-state index in [9.17, 15) is 19.7 Å². The fourth-order valence-electron chi connectivity index (χ4n) is 2.34. The number of primary amides is 1. The zero-order valence-corrected chi connectivity index (χ0v) is 11.9. The van der Waals surface area contributed by atoms with Crippen LogP contribution < -0.4 is 11.1 Å². The lowest BCUT2D eigenvalue weighted by atomic mass is 10.0. The van der Waals surface area contributed by atoms with Crippen molar-refractivity contribution in [1.82, 2.24) is 5.32 Å². The van der Waals surface area contributed by atoms with Crippen LogP contribution in [0.3, 0.4) is 0 Å². The van der Waals surface area contributed by atoms with Crippen molar-refractivity contribution < 1.29 is 19.2 Å². The van der Waals surface area contributed by atoms with E-state index in [1.807, 2.05) is 0 Å². The van der Waals surface area contributed by atoms with Crippen molar-refractivity contribution in [3.8, 4) is 0 Å². The number of hydrogen-bond donors (Lipinski definition) is 2. The lowest BCUT2D eigenvalue weighted by molar-refractivity contribution is -0.385. The van der Waals surface area contributed by atoms with Crippen molar-refractivity contribution in [2.75, 3.05) is 13.2 Å². The van der Waals surface area contributed by atoms with Gasteiger partial charge in [-0.3, -0.25) is 19.7 Å². The number of para-hydroxylation sites is 1. The Labute approximate surface area is 126 Å². The third kappa shape index (κ3) is 3.79. The van der Waals surface area contributed by atoms with Gasteiger partial charge in [0.05, 0.1) is 17.4 Å². The molecule has 1 aliphatic heterocycles. The Morgan fingerprint density at radius 2 is 2.18 bits per heavy atom. The molecule has 0 aliphatic carbocycles. The van der Waals surface area contributed by atoms with Crippen LogP contribution in [0.1, 0.15) is 12.0 Å². The van der Waals surface area contributed by atoms with E-state index in [1.165, 1.54) is 12.1 Å². The zero-order chi connectivity index (χ0) is 16.1. The summed E-state index contributed by atoms with van der Waals surface area (Å²) in [7, 11) is 0. The number of ether oxygens (including phenoxy) is 1. The highest BCUT2D eigenvalue weighted by atomic mass is 16.6. The maximum Gasteiger partial charge on any atom is 0.272 e. The number of rotatable bonds is 6. The summed E-state index contributed by atoms with van der Waals surface area (Å²) in [5, 5.41) is 13.5. The van der Waals surface area contributed by atoms with Crippen LogP contribution in [-0.2, 0) is 20.7 Å². The van der Waals surface area contributed by atoms with Gasteiger partial charge in [0, 0.05) is 24.7 Å². The average Bonchev–Trinajstić information content (AvgIpc) is 3.01. The number of nitro groups is 1. The Hall–Kier alpha value is -2.48. The second-order valence-corrected chi connectivity index (χ2v) is 5.11. The first-order valence-electron chi connectivity index (χ1n) is 6.88. The SMILES string of the molecule is NC(=O)[C@H](Cc1ccccc1[N+](=O)[O-])NC(=O)[C@@H]1CCOC1. The summed E-state index contributed by atoms with van der Waals surface area (Å²) in [6.07, 6.45) is 0.564. The number of carbonyl (C=O) groups excluding carboxylic acids is 2. The second kappa shape index (κ2) is 6.99. The third-order valence-electron chi connectivity index (χ3n) is 3.57. The van der Waals surface area contributed by atoms with Crippen LogP contribution in [0.25, 0.3) is 0 Å². The number of carbonyl (C=O) groups is 2. The molecule has 118 valence electrons. The van der Waals surface area contributed by atoms with E-state index < -0.39 is 16.9 Å². The van der Waals surface area contributed by atoms with Gasteiger partial charge in [-0.2, -0.15) is 0 Å². The van der Waals surface area contributed by atoms with Crippen LogP contribution in [0.4, 0.5) is 5.69 Å². The highest BCUT2D eigenvalue weighted by molar-refractivity contribution is 5.88. The minimum Gasteiger partial charge on any atom is -0.381 e. The van der Waals surface area contributed by atoms with E-state index in [4.69, 9.17) is 10.5 Å². The van der Waals surface area contributed by atoms with E-state index in [2.05, 4.69) is 5.32 Å². The summed E-state index contributed by atoms with van der Waals surface area (Å²) < 4.78 is 5.12. The lowest BCUT2D eigenvalue weighted by Crippen LogP contribution is -2.48. The molecule has 8 nitrogen and oxygen atoms in total. The van der Waals surface area contributed by atoms with Gasteiger partial charge in [-0.25, -0.2) is 0 Å². The van der Waals surface area contributed by atoms with Crippen molar-refractivity contribution in [2.45, 2.75) is 18.9 Å². The van der Waals surface area contributed by atoms with Gasteiger partial charge in [0.2, 0.25) is 11.8 Å². The van der Waals surface area contributed by atoms with Gasteiger partial charge in [0.1, 0.15) is 6.04 Å². The fraction of sp³-hybridized carbons (Fsp3) is 0.429. The van der Waals surface area contributed by atoms with Gasteiger partial charge in [0.25, 0.3) is 5.69 Å². The van der Waals surface area contributed by atoms with Gasteiger partial charge in [-0.1, -0.05) is 18.2 Å². The van der Waals surface area contributed by atoms with Gasteiger partial charge in [0.15, 0.2) is 0 Å². The fourth-order valence-corrected chi connectivity index (χ4v) is 2.34. The first-order valence-corrected chi connectivity index (χ1v) is 6.88. The Balaban J connectivity index is 2.10. The smallest absolute Gasteiger partial charge is 0.272 e. The topological polar surface area (TPSA) is 125 Å². The van der Waals surface area contributed by atoms with E-state index >= 15 is 0 Å². The molecule has 1 aliphatic rings. The number of nitrogens with two attached hydrogens (primary N) is 1. The van der Waals surface area contributed by atoms with E-state index in [-0.39, 0.29) is 23.9 Å². The van der Waals surface area contributed by atoms with E-state index in [0.717, 1.165) is 0 Å². The molecule has 0 radical (unpaired) electrons. The third-order valence-corrected chi connectivity index (χ3v) is 3.57. The minimum absolute atomic E-state index is 0.0220. The summed E-state index contributed by atoms with van der Waals surface area (Å²) in [5.74, 6) is -1.36. The molecule has 1 fully saturated rings. The molecule has 1 heterocycles. The van der Waals surface area contributed by atoms with Crippen LogP contribution in [0, 0.1) is 16.0 Å². The normalized spacial score (nSPS) is 18.6. The van der Waals surface area contributed by atoms with Crippen LogP contribution in [-0.4, -0.2) is 36.0 Å². The maximum absolute atomic E-state index is 12.0. The predicted octanol–water partition coefficient (Wildman–Crippen LogP) is 0.144. The first-order chi connectivity index (χ1) is 10.5. The molecule has 1 saturated heterocycles. The quantitative estimate of drug-likeness (QED) is 0.571. The molecule has 0 unspecified atom stereocenters. The van der Waals surface area contributed by atoms with Crippen molar-refractivity contribution in [1.29, 1.82) is 0 Å². The van der Waals surface area contributed by atoms with E-state index in [1.54, 1.807) is 12.1 Å². The molecule has 2 amide bonds. The minimum atomic E-state index is -0.991. The van der Waals surface area contributed by atoms with Crippen LogP contribution >= 0.6 is 0 Å². The van der Waals surface area contributed by atoms with Crippen LogP contribution in [0.15, 0.2) is 24.3 Å². The molecule has 1 aromatic carbocycles. The Kier molecular flexibility index (Phi) is 5.05. The number of nitro benzene ring substituents is 1. The predicted molar refractivity (Wildman–Crippen MR) is 76.9 cm³/mol. The molecule has 2 atom stereocenters. The summed E-state index contributed by atoms with van der Waals surface area (Å²) in [4.78, 5) is 34.0. The molecular formula is C14H17N3O5. The standard InChI is InChI=1S/C14H17N3O5/c15-13(18)11(16-14(19)10-5-6-22-8-10)7-9-3-1-2-4-12(9)17(20)21/h1-4,10-11H,5-8H2,(H2,15,18)(H,16,19)/t10-,11+/m1/s1. The monoisotopic (exact) mass is 307 g/mol. The number of nitrogens with zero attached hydrogens (tertiary/aromatic N) is 1. The second-order valence-electron chi connectivity index (χ2n) is 5.11. The van der Waals surface area contributed by atoms with Gasteiger partial charge >= 0.3 is 0 Å². The molecule has 22 heavy (non-hydrogen) atoms. The van der Waals surface area contributed by atoms with Crippen molar-refractivity contribution >= 4 is 17.5 Å². The van der Waals surface area contributed by atoms with Crippen molar-refractivity contribution in [3.63, 3.8) is 0 Å². The summed E-state index contributed by atoms with van der Waals surface area (Å²) in [6, 6.07) is 5.07. The molecule has 0 aromatic heterocycles. The van der Waals surface area contributed by atoms with Crippen molar-refractivity contribution in [3.05, 3.63) is 39.9 Å². The largest absolute Gasteiger partial charge is 0.381 e. The van der Waals surface area contributed by atoms with Crippen molar-refractivity contribution in [2.24, 2.45) is 11.7 Å². The van der Waals surface area contributed by atoms with Gasteiger partial charge < -0.3 is 15.8 Å². The number of hydrogen-bond acceptors (Lipinski definition) is 5. The highest BCUT2D eigenvalue weighted by Crippen LogP contribution is 2.20. The summed E-state index contributed by atoms with van der Waals surface area (Å²) in [5.41, 5.74) is 5.55. The van der Waals surface area contributed by atoms with Gasteiger partial charge in [-0.15, -0.1) is 0 Å². The average molecular weight is 307 g/mol. The molecule has 0 spiro atoms. The summed E-state index contributed by atoms with van der Waals surface area (Å²) in [6.45, 7) is 0.812. The summed E-state index contributed by atoms with van der Waals surface area (Å²) >= 11 is 0. The number of benzene rings is 1. The molecule has 1 aromatic rings. The van der Waals surface area contributed by atoms with Crippen LogP contribution in [0.2, 0.25) is 0 Å². The van der Waals surface area contributed by atoms with E-state index in [0.29, 0.717) is 25.2 Å². The van der Waals surface area contributed by atoms with Crippen LogP contribution in [0.5, 0.6) is 0 Å². The Morgan fingerprint density at radius 3 is 2.77 bits per heavy atom. The molecule has 0 saturated carbocycles. The van der Waals surface area contributed by atoms with Gasteiger partial charge in [-0.05, 0) is 6.42 Å². The Bertz CT molecular complexity index is 584. The molecular weight excluding hydrogens is 290 g/mol. The highest BCUT2D eigenvalue weighted by Gasteiger charge is 2.28. The molecule has 2 rings (SSSR count). The molecule has 3 N–H and O–H groups in total. The first kappa shape index (κ1) is 15.9. The molecule has 8 heteroatoms. The number of nitrogens with one attached hydrogen (secondary N) is 1. The zero-order valence-electron chi connectivity index (χ0n) is 11.9.